The summed E-state index contributed by atoms with van der Waals surface area (Å²) in [6.45, 7) is 0. The zero-order chi connectivity index (χ0) is 61.9. The Balaban J connectivity index is 0.718. The summed E-state index contributed by atoms with van der Waals surface area (Å²) in [6.07, 6.45) is 0. The van der Waals surface area contributed by atoms with Gasteiger partial charge < -0.3 is 4.90 Å². The monoisotopic (exact) mass is 1190 g/mol. The van der Waals surface area contributed by atoms with Gasteiger partial charge in [-0.25, -0.2) is 19.9 Å². The molecule has 2 heterocycles. The Labute approximate surface area is 541 Å². The normalized spacial score (nSPS) is 11.2. The molecule has 5 nitrogen and oxygen atoms in total. The van der Waals surface area contributed by atoms with Gasteiger partial charge in [-0.2, -0.15) is 0 Å². The standard InChI is InChI=1S/C88H59N5/c1-8-22-60(23-9-1)63-44-50-74(51-45-63)93(75-52-46-64(47-53-75)61-36-40-72(41-37-61)87-85(70-32-18-6-19-33-70)89-81-56-77(66-24-10-2-11-25-66)79(58-83(81)91-87)68-28-14-4-15-29-68)76-54-48-65(49-55-76)62-38-42-73(43-39-62)88-86(71-34-20-7-21-35-71)90-82-57-78(67-26-12-3-13-27-67)80(59-84(82)92-88)69-30-16-5-17-31-69/h1-59H. The first-order chi connectivity index (χ1) is 46.1. The molecule has 0 aliphatic heterocycles. The first-order valence-corrected chi connectivity index (χ1v) is 31.5. The van der Waals surface area contributed by atoms with Gasteiger partial charge >= 0.3 is 0 Å². The minimum Gasteiger partial charge on any atom is -0.311 e. The van der Waals surface area contributed by atoms with Crippen molar-refractivity contribution < 1.29 is 0 Å². The molecule has 0 atom stereocenters. The van der Waals surface area contributed by atoms with E-state index in [1.807, 2.05) is 12.1 Å². The Morgan fingerprint density at radius 1 is 0.151 bits per heavy atom. The molecule has 5 heteroatoms. The Morgan fingerprint density at radius 2 is 0.312 bits per heavy atom. The molecular weight excluding hydrogens is 1130 g/mol. The van der Waals surface area contributed by atoms with Crippen LogP contribution in [-0.4, -0.2) is 19.9 Å². The summed E-state index contributed by atoms with van der Waals surface area (Å²) < 4.78 is 0. The fraction of sp³-hybridized carbons (Fsp3) is 0. The summed E-state index contributed by atoms with van der Waals surface area (Å²) in [5, 5.41) is 0. The highest BCUT2D eigenvalue weighted by atomic mass is 15.1. The predicted octanol–water partition coefficient (Wildman–Crippen LogP) is 23.4. The maximum Gasteiger partial charge on any atom is 0.0973 e. The van der Waals surface area contributed by atoms with E-state index in [0.717, 1.165) is 156 Å². The van der Waals surface area contributed by atoms with Crippen LogP contribution in [0.2, 0.25) is 0 Å². The second-order valence-electron chi connectivity index (χ2n) is 23.3. The topological polar surface area (TPSA) is 54.8 Å². The molecule has 0 bridgehead atoms. The van der Waals surface area contributed by atoms with Crippen LogP contribution >= 0.6 is 0 Å². The van der Waals surface area contributed by atoms with Crippen LogP contribution in [0.25, 0.3) is 145 Å². The molecule has 14 aromatic carbocycles. The van der Waals surface area contributed by atoms with Crippen molar-refractivity contribution in [3.63, 3.8) is 0 Å². The molecule has 93 heavy (non-hydrogen) atoms. The molecule has 16 aromatic rings. The largest absolute Gasteiger partial charge is 0.311 e. The summed E-state index contributed by atoms with van der Waals surface area (Å²) in [7, 11) is 0. The van der Waals surface area contributed by atoms with Crippen LogP contribution in [0, 0.1) is 0 Å². The Kier molecular flexibility index (Phi) is 14.9. The van der Waals surface area contributed by atoms with Gasteiger partial charge in [-0.15, -0.1) is 0 Å². The van der Waals surface area contributed by atoms with Gasteiger partial charge in [0.1, 0.15) is 0 Å². The number of aromatic nitrogens is 4. The van der Waals surface area contributed by atoms with Gasteiger partial charge in [0.25, 0.3) is 0 Å². The minimum atomic E-state index is 0.836. The van der Waals surface area contributed by atoms with Crippen molar-refractivity contribution in [2.24, 2.45) is 0 Å². The van der Waals surface area contributed by atoms with Gasteiger partial charge in [-0.3, -0.25) is 0 Å². The number of hydrogen-bond donors (Lipinski definition) is 0. The number of benzene rings is 14. The van der Waals surface area contributed by atoms with Gasteiger partial charge in [-0.1, -0.05) is 297 Å². The van der Waals surface area contributed by atoms with Crippen LogP contribution in [0.1, 0.15) is 0 Å². The molecule has 0 saturated carbocycles. The second kappa shape index (κ2) is 24.9. The lowest BCUT2D eigenvalue weighted by molar-refractivity contribution is 1.28. The number of anilines is 3. The molecule has 0 fully saturated rings. The molecule has 0 unspecified atom stereocenters. The smallest absolute Gasteiger partial charge is 0.0973 e. The third-order valence-electron chi connectivity index (χ3n) is 17.5. The highest BCUT2D eigenvalue weighted by molar-refractivity contribution is 5.98. The lowest BCUT2D eigenvalue weighted by Crippen LogP contribution is -2.09. The molecule has 0 N–H and O–H groups in total. The van der Waals surface area contributed by atoms with E-state index >= 15 is 0 Å². The minimum absolute atomic E-state index is 0.836. The van der Waals surface area contributed by atoms with Gasteiger partial charge in [0.2, 0.25) is 0 Å². The molecule has 0 saturated heterocycles. The van der Waals surface area contributed by atoms with E-state index in [1.54, 1.807) is 0 Å². The van der Waals surface area contributed by atoms with Gasteiger partial charge in [-0.05, 0) is 139 Å². The van der Waals surface area contributed by atoms with Crippen molar-refractivity contribution in [2.45, 2.75) is 0 Å². The molecular formula is C88H59N5. The fourth-order valence-electron chi connectivity index (χ4n) is 12.8. The Morgan fingerprint density at radius 3 is 0.538 bits per heavy atom. The maximum atomic E-state index is 5.46. The highest BCUT2D eigenvalue weighted by Gasteiger charge is 2.21. The molecule has 436 valence electrons. The number of nitrogens with zero attached hydrogens (tertiary/aromatic N) is 5. The van der Waals surface area contributed by atoms with Crippen LogP contribution in [0.3, 0.4) is 0 Å². The zero-order valence-electron chi connectivity index (χ0n) is 50.8. The lowest BCUT2D eigenvalue weighted by atomic mass is 9.93. The van der Waals surface area contributed by atoms with Crippen LogP contribution in [0.15, 0.2) is 358 Å². The fourth-order valence-corrected chi connectivity index (χ4v) is 12.8. The third kappa shape index (κ3) is 11.3. The quantitative estimate of drug-likeness (QED) is 0.109. The van der Waals surface area contributed by atoms with Crippen LogP contribution in [0.5, 0.6) is 0 Å². The van der Waals surface area contributed by atoms with Gasteiger partial charge in [0.15, 0.2) is 0 Å². The van der Waals surface area contributed by atoms with E-state index in [9.17, 15) is 0 Å². The summed E-state index contributed by atoms with van der Waals surface area (Å²) in [4.78, 5) is 24.1. The predicted molar refractivity (Wildman–Crippen MR) is 387 cm³/mol. The van der Waals surface area contributed by atoms with Gasteiger partial charge in [0, 0.05) is 39.3 Å². The summed E-state index contributed by atoms with van der Waals surface area (Å²) in [5.41, 5.74) is 29.7. The molecule has 0 aliphatic rings. The van der Waals surface area contributed by atoms with Crippen molar-refractivity contribution in [3.05, 3.63) is 358 Å². The average Bonchev–Trinajstić information content (AvgIpc) is 0.980. The zero-order valence-corrected chi connectivity index (χ0v) is 50.8. The van der Waals surface area contributed by atoms with E-state index in [4.69, 9.17) is 19.9 Å². The first-order valence-electron chi connectivity index (χ1n) is 31.5. The number of rotatable bonds is 14. The first kappa shape index (κ1) is 55.8. The van der Waals surface area contributed by atoms with Crippen molar-refractivity contribution in [1.29, 1.82) is 0 Å². The SMILES string of the molecule is c1ccc(-c2ccc(N(c3ccc(-c4ccc(-c5nc6cc(-c7ccccc7)c(-c7ccccc7)cc6nc5-c5ccccc5)cc4)cc3)c3ccc(-c4ccc(-c5nc6cc(-c7ccccc7)c(-c7ccccc7)cc6nc5-c5ccccc5)cc4)cc3)cc2)cc1. The Bertz CT molecular complexity index is 4970. The molecule has 0 aliphatic carbocycles. The van der Waals surface area contributed by atoms with Crippen molar-refractivity contribution in [3.8, 4) is 123 Å². The van der Waals surface area contributed by atoms with Crippen LogP contribution in [0.4, 0.5) is 17.1 Å². The van der Waals surface area contributed by atoms with Gasteiger partial charge in [0.05, 0.1) is 44.8 Å². The van der Waals surface area contributed by atoms with E-state index in [0.29, 0.717) is 0 Å². The van der Waals surface area contributed by atoms with Crippen molar-refractivity contribution >= 4 is 39.1 Å². The van der Waals surface area contributed by atoms with E-state index in [2.05, 4.69) is 351 Å². The molecule has 16 rings (SSSR count). The van der Waals surface area contributed by atoms with E-state index in [-0.39, 0.29) is 0 Å². The summed E-state index contributed by atoms with van der Waals surface area (Å²) in [6, 6.07) is 127. The highest BCUT2D eigenvalue weighted by Crippen LogP contribution is 2.43. The third-order valence-corrected chi connectivity index (χ3v) is 17.5. The second-order valence-corrected chi connectivity index (χ2v) is 23.3. The van der Waals surface area contributed by atoms with Crippen LogP contribution < -0.4 is 4.90 Å². The summed E-state index contributed by atoms with van der Waals surface area (Å²) >= 11 is 0. The molecule has 2 aromatic heterocycles. The van der Waals surface area contributed by atoms with E-state index in [1.165, 1.54) is 5.56 Å². The Hall–Kier alpha value is -12.4. The number of fused-ring (bicyclic) bond motifs is 2. The summed E-state index contributed by atoms with van der Waals surface area (Å²) in [5.74, 6) is 0. The molecule has 0 radical (unpaired) electrons. The molecule has 0 spiro atoms. The average molecular weight is 1190 g/mol. The maximum absolute atomic E-state index is 5.46. The van der Waals surface area contributed by atoms with Crippen LogP contribution in [-0.2, 0) is 0 Å². The lowest BCUT2D eigenvalue weighted by Gasteiger charge is -2.26. The van der Waals surface area contributed by atoms with Crippen molar-refractivity contribution in [2.75, 3.05) is 4.90 Å². The molecule has 0 amide bonds. The number of hydrogen-bond acceptors (Lipinski definition) is 5. The van der Waals surface area contributed by atoms with E-state index < -0.39 is 0 Å². The van der Waals surface area contributed by atoms with Crippen molar-refractivity contribution in [1.82, 2.24) is 19.9 Å².